The van der Waals surface area contributed by atoms with Crippen molar-refractivity contribution in [3.8, 4) is 0 Å². The molecule has 0 heterocycles. The van der Waals surface area contributed by atoms with Crippen LogP contribution in [0.25, 0.3) is 0 Å². The first-order valence-electron chi connectivity index (χ1n) is 21.5. The zero-order chi connectivity index (χ0) is 36.8. The van der Waals surface area contributed by atoms with Gasteiger partial charge in [-0.05, 0) is 32.1 Å². The largest absolute Gasteiger partial charge is 0.387 e. The van der Waals surface area contributed by atoms with Gasteiger partial charge in [-0.1, -0.05) is 212 Å². The highest BCUT2D eigenvalue weighted by molar-refractivity contribution is 7.85. The van der Waals surface area contributed by atoms with Crippen molar-refractivity contribution in [3.63, 3.8) is 0 Å². The topological polar surface area (TPSA) is 104 Å². The highest BCUT2D eigenvalue weighted by Gasteiger charge is 2.24. The normalized spacial score (nSPS) is 13.4. The van der Waals surface area contributed by atoms with Gasteiger partial charge in [0.1, 0.15) is 0 Å². The summed E-state index contributed by atoms with van der Waals surface area (Å²) in [6.07, 6.45) is 47.4. The highest BCUT2D eigenvalue weighted by Crippen LogP contribution is 2.15. The van der Waals surface area contributed by atoms with Crippen LogP contribution in [-0.2, 0) is 14.9 Å². The van der Waals surface area contributed by atoms with E-state index >= 15 is 0 Å². The lowest BCUT2D eigenvalue weighted by atomic mass is 10.0. The van der Waals surface area contributed by atoms with Crippen molar-refractivity contribution < 1.29 is 22.9 Å². The molecule has 3 N–H and O–H groups in total. The van der Waals surface area contributed by atoms with Gasteiger partial charge in [-0.15, -0.1) is 0 Å². The van der Waals surface area contributed by atoms with E-state index in [1.165, 1.54) is 173 Å². The quantitative estimate of drug-likeness (QED) is 0.0332. The number of allylic oxidation sites excluding steroid dienone is 3. The smallest absolute Gasteiger partial charge is 0.267 e. The van der Waals surface area contributed by atoms with Crippen molar-refractivity contribution in [3.05, 3.63) is 24.3 Å². The predicted octanol–water partition coefficient (Wildman–Crippen LogP) is 12.7. The maximum absolute atomic E-state index is 12.5. The molecule has 2 unspecified atom stereocenters. The summed E-state index contributed by atoms with van der Waals surface area (Å²) in [6.45, 7) is 4.53. The van der Waals surface area contributed by atoms with Gasteiger partial charge in [0.25, 0.3) is 10.1 Å². The fourth-order valence-corrected chi connectivity index (χ4v) is 7.38. The SMILES string of the molecule is CCCCCCCCCCCCCCCCC/C=C/CC/C=C/C(O)C(CS(=O)(=O)O)NC(=O)CCCCCCCCCCCCCCCC. The second kappa shape index (κ2) is 37.6. The number of carbonyl (C=O) groups is 1. The van der Waals surface area contributed by atoms with Crippen LogP contribution in [0.5, 0.6) is 0 Å². The Kier molecular flexibility index (Phi) is 36.7. The Balaban J connectivity index is 3.90. The van der Waals surface area contributed by atoms with Crippen LogP contribution in [0.3, 0.4) is 0 Å². The van der Waals surface area contributed by atoms with Crippen molar-refractivity contribution in [2.75, 3.05) is 5.75 Å². The fourth-order valence-electron chi connectivity index (χ4n) is 6.64. The molecule has 1 amide bonds. The molecule has 0 saturated carbocycles. The number of aliphatic hydroxyl groups is 1. The maximum atomic E-state index is 12.5. The Morgan fingerprint density at radius 2 is 0.860 bits per heavy atom. The Labute approximate surface area is 311 Å². The molecule has 0 aliphatic carbocycles. The molecule has 0 aromatic rings. The minimum Gasteiger partial charge on any atom is -0.387 e. The first-order chi connectivity index (χ1) is 24.3. The number of aliphatic hydroxyl groups excluding tert-OH is 1. The van der Waals surface area contributed by atoms with Crippen LogP contribution >= 0.6 is 0 Å². The Morgan fingerprint density at radius 3 is 1.26 bits per heavy atom. The van der Waals surface area contributed by atoms with Crippen molar-refractivity contribution in [2.24, 2.45) is 0 Å². The van der Waals surface area contributed by atoms with Crippen molar-refractivity contribution >= 4 is 16.0 Å². The number of rotatable bonds is 39. The maximum Gasteiger partial charge on any atom is 0.267 e. The summed E-state index contributed by atoms with van der Waals surface area (Å²) in [7, 11) is -4.35. The third-order valence-electron chi connectivity index (χ3n) is 9.88. The Morgan fingerprint density at radius 1 is 0.520 bits per heavy atom. The monoisotopic (exact) mass is 726 g/mol. The number of amides is 1. The Bertz CT molecular complexity index is 888. The summed E-state index contributed by atoms with van der Waals surface area (Å²) < 4.78 is 32.5. The molecule has 0 bridgehead atoms. The van der Waals surface area contributed by atoms with E-state index in [9.17, 15) is 22.9 Å². The molecule has 0 aromatic carbocycles. The van der Waals surface area contributed by atoms with Gasteiger partial charge in [-0.25, -0.2) is 0 Å². The molecule has 0 aliphatic heterocycles. The molecular formula is C43H83NO5S. The summed E-state index contributed by atoms with van der Waals surface area (Å²) in [5.41, 5.74) is 0. The van der Waals surface area contributed by atoms with Crippen LogP contribution in [0, 0.1) is 0 Å². The van der Waals surface area contributed by atoms with Gasteiger partial charge in [0.05, 0.1) is 17.9 Å². The lowest BCUT2D eigenvalue weighted by Crippen LogP contribution is -2.46. The third-order valence-corrected chi connectivity index (χ3v) is 10.7. The number of carbonyl (C=O) groups excluding carboxylic acids is 1. The van der Waals surface area contributed by atoms with Gasteiger partial charge in [-0.2, -0.15) is 8.42 Å². The average Bonchev–Trinajstić information content (AvgIpc) is 3.08. The van der Waals surface area contributed by atoms with Gasteiger partial charge >= 0.3 is 0 Å². The van der Waals surface area contributed by atoms with Crippen LogP contribution in [0.15, 0.2) is 24.3 Å². The van der Waals surface area contributed by atoms with Crippen LogP contribution in [0.4, 0.5) is 0 Å². The molecule has 0 saturated heterocycles. The van der Waals surface area contributed by atoms with Crippen molar-refractivity contribution in [1.82, 2.24) is 5.32 Å². The zero-order valence-electron chi connectivity index (χ0n) is 33.0. The molecule has 50 heavy (non-hydrogen) atoms. The summed E-state index contributed by atoms with van der Waals surface area (Å²) in [5.74, 6) is -0.992. The average molecular weight is 726 g/mol. The van der Waals surface area contributed by atoms with E-state index in [0.717, 1.165) is 38.5 Å². The van der Waals surface area contributed by atoms with Crippen LogP contribution in [-0.4, -0.2) is 41.9 Å². The molecule has 2 atom stereocenters. The molecule has 0 aliphatic rings. The van der Waals surface area contributed by atoms with Crippen LogP contribution < -0.4 is 5.32 Å². The zero-order valence-corrected chi connectivity index (χ0v) is 33.8. The summed E-state index contributed by atoms with van der Waals surface area (Å²) >= 11 is 0. The summed E-state index contributed by atoms with van der Waals surface area (Å²) in [4.78, 5) is 12.5. The second-order valence-electron chi connectivity index (χ2n) is 15.0. The Hall–Kier alpha value is -1.18. The summed E-state index contributed by atoms with van der Waals surface area (Å²) in [6, 6.07) is -1.07. The van der Waals surface area contributed by atoms with E-state index in [1.54, 1.807) is 0 Å². The van der Waals surface area contributed by atoms with Crippen molar-refractivity contribution in [1.29, 1.82) is 0 Å². The lowest BCUT2D eigenvalue weighted by molar-refractivity contribution is -0.122. The predicted molar refractivity (Wildman–Crippen MR) is 216 cm³/mol. The van der Waals surface area contributed by atoms with Crippen LogP contribution in [0.1, 0.15) is 226 Å². The van der Waals surface area contributed by atoms with E-state index in [2.05, 4.69) is 31.3 Å². The van der Waals surface area contributed by atoms with Crippen molar-refractivity contribution in [2.45, 2.75) is 238 Å². The van der Waals surface area contributed by atoms with E-state index in [4.69, 9.17) is 0 Å². The standard InChI is InChI=1S/C43H83NO5S/c1-3-5-7-9-11-13-15-17-19-20-21-22-23-24-25-26-28-30-32-34-36-38-42(45)41(40-50(47,48)49)44-43(46)39-37-35-33-31-29-27-18-16-14-12-10-8-6-4-2/h28,30,36,38,41-42,45H,3-27,29,31-35,37,39-40H2,1-2H3,(H,44,46)(H,47,48,49)/b30-28+,38-36+. The molecule has 296 valence electrons. The number of hydrogen-bond donors (Lipinski definition) is 3. The molecule has 0 radical (unpaired) electrons. The van der Waals surface area contributed by atoms with E-state index in [1.807, 2.05) is 6.08 Å². The molecule has 6 nitrogen and oxygen atoms in total. The highest BCUT2D eigenvalue weighted by atomic mass is 32.2. The minimum absolute atomic E-state index is 0.285. The van der Waals surface area contributed by atoms with E-state index in [-0.39, 0.29) is 5.91 Å². The third kappa shape index (κ3) is 38.1. The molecular weight excluding hydrogens is 643 g/mol. The summed E-state index contributed by atoms with van der Waals surface area (Å²) in [5, 5.41) is 13.2. The molecule has 7 heteroatoms. The van der Waals surface area contributed by atoms with E-state index < -0.39 is 28.0 Å². The number of nitrogens with one attached hydrogen (secondary N) is 1. The van der Waals surface area contributed by atoms with E-state index in [0.29, 0.717) is 6.42 Å². The first-order valence-corrected chi connectivity index (χ1v) is 23.1. The number of unbranched alkanes of at least 4 members (excludes halogenated alkanes) is 29. The molecule has 0 spiro atoms. The first kappa shape index (κ1) is 48.8. The van der Waals surface area contributed by atoms with Gasteiger partial charge in [-0.3, -0.25) is 9.35 Å². The second-order valence-corrected chi connectivity index (χ2v) is 16.5. The fraction of sp³-hybridized carbons (Fsp3) is 0.884. The van der Waals surface area contributed by atoms with Gasteiger partial charge in [0, 0.05) is 6.42 Å². The molecule has 0 rings (SSSR count). The molecule has 0 aromatic heterocycles. The number of hydrogen-bond acceptors (Lipinski definition) is 4. The van der Waals surface area contributed by atoms with Gasteiger partial charge in [0.15, 0.2) is 0 Å². The minimum atomic E-state index is -4.35. The van der Waals surface area contributed by atoms with Gasteiger partial charge in [0.2, 0.25) is 5.91 Å². The van der Waals surface area contributed by atoms with Gasteiger partial charge < -0.3 is 10.4 Å². The van der Waals surface area contributed by atoms with Crippen LogP contribution in [0.2, 0.25) is 0 Å². The lowest BCUT2D eigenvalue weighted by Gasteiger charge is -2.21. The molecule has 0 fully saturated rings.